The number of halogens is 1. The van der Waals surface area contributed by atoms with Gasteiger partial charge >= 0.3 is 0 Å². The molecule has 3 heteroatoms. The van der Waals surface area contributed by atoms with Gasteiger partial charge in [0, 0.05) is 11.6 Å². The van der Waals surface area contributed by atoms with Crippen LogP contribution in [0.1, 0.15) is 28.3 Å². The van der Waals surface area contributed by atoms with Gasteiger partial charge in [-0.15, -0.1) is 0 Å². The maximum atomic E-state index is 6.13. The van der Waals surface area contributed by atoms with Gasteiger partial charge in [-0.25, -0.2) is 0 Å². The molecular weight excluding hydrogens is 234 g/mol. The lowest BCUT2D eigenvalue weighted by molar-refractivity contribution is 0.560. The first-order valence-electron chi connectivity index (χ1n) is 5.62. The van der Waals surface area contributed by atoms with Crippen LogP contribution in [-0.4, -0.2) is 0 Å². The lowest BCUT2D eigenvalue weighted by atomic mass is 9.99. The van der Waals surface area contributed by atoms with E-state index in [0.29, 0.717) is 5.22 Å². The third-order valence-electron chi connectivity index (χ3n) is 2.78. The number of furan rings is 1. The van der Waals surface area contributed by atoms with Crippen molar-refractivity contribution in [2.75, 3.05) is 0 Å². The van der Waals surface area contributed by atoms with Crippen LogP contribution in [0.4, 0.5) is 0 Å². The van der Waals surface area contributed by atoms with Crippen molar-refractivity contribution in [1.29, 1.82) is 0 Å². The van der Waals surface area contributed by atoms with Crippen molar-refractivity contribution in [1.82, 2.24) is 0 Å². The molecule has 0 spiro atoms. The molecule has 0 amide bonds. The summed E-state index contributed by atoms with van der Waals surface area (Å²) in [6.07, 6.45) is 2.33. The summed E-state index contributed by atoms with van der Waals surface area (Å²) in [6, 6.07) is 8.17. The molecule has 0 bridgehead atoms. The third-order valence-corrected chi connectivity index (χ3v) is 3.09. The van der Waals surface area contributed by atoms with E-state index in [4.69, 9.17) is 21.8 Å². The Morgan fingerprint density at radius 1 is 1.24 bits per heavy atom. The Morgan fingerprint density at radius 3 is 2.41 bits per heavy atom. The van der Waals surface area contributed by atoms with Gasteiger partial charge < -0.3 is 10.2 Å². The van der Waals surface area contributed by atoms with E-state index >= 15 is 0 Å². The maximum Gasteiger partial charge on any atom is 0.197 e. The Labute approximate surface area is 106 Å². The van der Waals surface area contributed by atoms with Crippen LogP contribution in [0.2, 0.25) is 5.22 Å². The molecule has 2 aromatic rings. The fourth-order valence-corrected chi connectivity index (χ4v) is 2.38. The highest BCUT2D eigenvalue weighted by molar-refractivity contribution is 6.29. The molecule has 0 aliphatic heterocycles. The number of aryl methyl sites for hydroxylation is 2. The minimum absolute atomic E-state index is 0.123. The minimum Gasteiger partial charge on any atom is -0.453 e. The third kappa shape index (κ3) is 2.90. The summed E-state index contributed by atoms with van der Waals surface area (Å²) in [4.78, 5) is 0. The van der Waals surface area contributed by atoms with Gasteiger partial charge in [-0.3, -0.25) is 0 Å². The summed E-state index contributed by atoms with van der Waals surface area (Å²) in [5, 5.41) is 0.391. The second-order valence-electron chi connectivity index (χ2n) is 4.46. The number of hydrogen-bond donors (Lipinski definition) is 1. The number of benzene rings is 1. The Bertz CT molecular complexity index is 498. The summed E-state index contributed by atoms with van der Waals surface area (Å²) < 4.78 is 5.06. The van der Waals surface area contributed by atoms with Crippen molar-refractivity contribution in [2.45, 2.75) is 26.3 Å². The molecule has 0 radical (unpaired) electrons. The SMILES string of the molecule is Cc1cc(C)cc(CC(N)c2ccoc2Cl)c1. The summed E-state index contributed by atoms with van der Waals surface area (Å²) in [5.41, 5.74) is 10.7. The van der Waals surface area contributed by atoms with E-state index in [9.17, 15) is 0 Å². The average Bonchev–Trinajstić information content (AvgIpc) is 2.62. The highest BCUT2D eigenvalue weighted by Gasteiger charge is 2.13. The number of hydrogen-bond acceptors (Lipinski definition) is 2. The monoisotopic (exact) mass is 249 g/mol. The highest BCUT2D eigenvalue weighted by Crippen LogP contribution is 2.25. The van der Waals surface area contributed by atoms with Gasteiger partial charge in [0.15, 0.2) is 5.22 Å². The summed E-state index contributed by atoms with van der Waals surface area (Å²) in [7, 11) is 0. The Kier molecular flexibility index (Phi) is 3.55. The standard InChI is InChI=1S/C14H16ClNO/c1-9-5-10(2)7-11(6-9)8-13(16)12-3-4-17-14(12)15/h3-7,13H,8,16H2,1-2H3. The summed E-state index contributed by atoms with van der Waals surface area (Å²) in [6.45, 7) is 4.18. The van der Waals surface area contributed by atoms with Gasteiger partial charge in [-0.1, -0.05) is 29.3 Å². The molecule has 0 saturated carbocycles. The zero-order valence-corrected chi connectivity index (χ0v) is 10.8. The number of nitrogens with two attached hydrogens (primary N) is 1. The van der Waals surface area contributed by atoms with E-state index in [1.54, 1.807) is 6.26 Å². The molecule has 1 unspecified atom stereocenters. The van der Waals surface area contributed by atoms with E-state index in [1.165, 1.54) is 16.7 Å². The maximum absolute atomic E-state index is 6.13. The molecule has 0 saturated heterocycles. The van der Waals surface area contributed by atoms with Crippen LogP contribution in [0.5, 0.6) is 0 Å². The highest BCUT2D eigenvalue weighted by atomic mass is 35.5. The summed E-state index contributed by atoms with van der Waals surface area (Å²) >= 11 is 5.92. The van der Waals surface area contributed by atoms with Gasteiger partial charge in [0.05, 0.1) is 6.26 Å². The molecule has 0 aliphatic carbocycles. The van der Waals surface area contributed by atoms with Gasteiger partial charge in [0.2, 0.25) is 0 Å². The van der Waals surface area contributed by atoms with E-state index < -0.39 is 0 Å². The first kappa shape index (κ1) is 12.2. The molecule has 1 aromatic carbocycles. The Balaban J connectivity index is 2.18. The van der Waals surface area contributed by atoms with Crippen molar-refractivity contribution in [2.24, 2.45) is 5.73 Å². The van der Waals surface area contributed by atoms with Crippen molar-refractivity contribution in [3.05, 3.63) is 58.0 Å². The van der Waals surface area contributed by atoms with E-state index in [1.807, 2.05) is 6.07 Å². The van der Waals surface area contributed by atoms with Crippen molar-refractivity contribution in [3.8, 4) is 0 Å². The molecule has 1 aromatic heterocycles. The first-order chi connectivity index (χ1) is 8.06. The molecule has 2 N–H and O–H groups in total. The van der Waals surface area contributed by atoms with E-state index in [-0.39, 0.29) is 6.04 Å². The molecule has 2 nitrogen and oxygen atoms in total. The zero-order chi connectivity index (χ0) is 12.4. The molecular formula is C14H16ClNO. The smallest absolute Gasteiger partial charge is 0.197 e. The molecule has 17 heavy (non-hydrogen) atoms. The van der Waals surface area contributed by atoms with Crippen LogP contribution >= 0.6 is 11.6 Å². The number of rotatable bonds is 3. The van der Waals surface area contributed by atoms with Crippen LogP contribution < -0.4 is 5.73 Å². The van der Waals surface area contributed by atoms with Gasteiger partial charge in [-0.2, -0.15) is 0 Å². The lowest BCUT2D eigenvalue weighted by Gasteiger charge is -2.11. The predicted octanol–water partition coefficient (Wildman–Crippen LogP) is 3.79. The predicted molar refractivity (Wildman–Crippen MR) is 70.3 cm³/mol. The van der Waals surface area contributed by atoms with Crippen LogP contribution in [0, 0.1) is 13.8 Å². The molecule has 2 rings (SSSR count). The van der Waals surface area contributed by atoms with Crippen molar-refractivity contribution < 1.29 is 4.42 Å². The second kappa shape index (κ2) is 4.94. The summed E-state index contributed by atoms with van der Waals surface area (Å²) in [5.74, 6) is 0. The topological polar surface area (TPSA) is 39.2 Å². The molecule has 1 heterocycles. The van der Waals surface area contributed by atoms with Crippen molar-refractivity contribution in [3.63, 3.8) is 0 Å². The average molecular weight is 250 g/mol. The quantitative estimate of drug-likeness (QED) is 0.899. The zero-order valence-electron chi connectivity index (χ0n) is 10.0. The Morgan fingerprint density at radius 2 is 1.88 bits per heavy atom. The fraction of sp³-hybridized carbons (Fsp3) is 0.286. The fourth-order valence-electron chi connectivity index (χ4n) is 2.12. The van der Waals surface area contributed by atoms with Crippen LogP contribution in [0.25, 0.3) is 0 Å². The molecule has 1 atom stereocenters. The largest absolute Gasteiger partial charge is 0.453 e. The van der Waals surface area contributed by atoms with Crippen molar-refractivity contribution >= 4 is 11.6 Å². The van der Waals surface area contributed by atoms with E-state index in [2.05, 4.69) is 32.0 Å². The second-order valence-corrected chi connectivity index (χ2v) is 4.80. The van der Waals surface area contributed by atoms with Gasteiger partial charge in [-0.05, 0) is 43.5 Å². The Hall–Kier alpha value is -1.25. The van der Waals surface area contributed by atoms with Crippen LogP contribution in [0.3, 0.4) is 0 Å². The lowest BCUT2D eigenvalue weighted by Crippen LogP contribution is -2.13. The normalized spacial score (nSPS) is 12.7. The van der Waals surface area contributed by atoms with E-state index in [0.717, 1.165) is 12.0 Å². The van der Waals surface area contributed by atoms with Gasteiger partial charge in [0.25, 0.3) is 0 Å². The van der Waals surface area contributed by atoms with Crippen LogP contribution in [0.15, 0.2) is 34.9 Å². The van der Waals surface area contributed by atoms with Gasteiger partial charge in [0.1, 0.15) is 0 Å². The minimum atomic E-state index is -0.123. The molecule has 0 aliphatic rings. The van der Waals surface area contributed by atoms with Crippen LogP contribution in [-0.2, 0) is 6.42 Å². The molecule has 90 valence electrons. The molecule has 0 fully saturated rings. The first-order valence-corrected chi connectivity index (χ1v) is 5.99.